The fourth-order valence-electron chi connectivity index (χ4n) is 1.04. The normalized spacial score (nSPS) is 10.3. The number of hydrogen-bond donors (Lipinski definition) is 1. The van der Waals surface area contributed by atoms with Gasteiger partial charge in [0.05, 0.1) is 28.1 Å². The lowest BCUT2D eigenvalue weighted by atomic mass is 10.3. The zero-order valence-electron chi connectivity index (χ0n) is 7.48. The summed E-state index contributed by atoms with van der Waals surface area (Å²) in [6.07, 6.45) is 4.48. The zero-order valence-corrected chi connectivity index (χ0v) is 9.00. The minimum Gasteiger partial charge on any atom is -0.396 e. The Kier molecular flexibility index (Phi) is 2.70. The van der Waals surface area contributed by atoms with Crippen LogP contribution in [0.1, 0.15) is 0 Å². The van der Waals surface area contributed by atoms with Crippen molar-refractivity contribution < 1.29 is 0 Å². The Morgan fingerprint density at radius 3 is 2.27 bits per heavy atom. The Hall–Kier alpha value is -1.39. The predicted octanol–water partition coefficient (Wildman–Crippen LogP) is 2.43. The maximum atomic E-state index is 5.95. The molecule has 0 aromatic carbocycles. The van der Waals surface area contributed by atoms with Crippen molar-refractivity contribution in [2.45, 2.75) is 0 Å². The molecular formula is C9H6Cl2N4. The molecule has 0 bridgehead atoms. The number of halogens is 2. The molecule has 0 saturated heterocycles. The summed E-state index contributed by atoms with van der Waals surface area (Å²) >= 11 is 11.7. The Morgan fingerprint density at radius 2 is 1.67 bits per heavy atom. The lowest BCUT2D eigenvalue weighted by Crippen LogP contribution is -1.94. The molecule has 0 unspecified atom stereocenters. The molecule has 0 aliphatic rings. The molecule has 0 radical (unpaired) electrons. The van der Waals surface area contributed by atoms with Gasteiger partial charge in [-0.3, -0.25) is 0 Å². The predicted molar refractivity (Wildman–Crippen MR) is 59.7 cm³/mol. The van der Waals surface area contributed by atoms with E-state index in [1.54, 1.807) is 6.07 Å². The Bertz CT molecular complexity index is 484. The van der Waals surface area contributed by atoms with Crippen LogP contribution in [0.5, 0.6) is 0 Å². The second-order valence-electron chi connectivity index (χ2n) is 2.82. The third-order valence-corrected chi connectivity index (χ3v) is 2.19. The van der Waals surface area contributed by atoms with Gasteiger partial charge in [-0.25, -0.2) is 15.0 Å². The monoisotopic (exact) mass is 240 g/mol. The minimum atomic E-state index is 0.410. The highest BCUT2D eigenvalue weighted by atomic mass is 35.5. The summed E-state index contributed by atoms with van der Waals surface area (Å²) in [4.78, 5) is 12.1. The van der Waals surface area contributed by atoms with Gasteiger partial charge in [0, 0.05) is 6.20 Å². The van der Waals surface area contributed by atoms with Gasteiger partial charge < -0.3 is 5.73 Å². The molecule has 2 aromatic rings. The molecule has 0 saturated carbocycles. The van der Waals surface area contributed by atoms with Crippen LogP contribution in [0.25, 0.3) is 11.5 Å². The summed E-state index contributed by atoms with van der Waals surface area (Å²) in [6.45, 7) is 0. The minimum absolute atomic E-state index is 0.410. The number of nitrogens with zero attached hydrogens (tertiary/aromatic N) is 3. The SMILES string of the molecule is Nc1cnc(-c2ncc(Cl)cc2Cl)nc1. The van der Waals surface area contributed by atoms with Gasteiger partial charge in [-0.15, -0.1) is 0 Å². The largest absolute Gasteiger partial charge is 0.396 e. The van der Waals surface area contributed by atoms with Gasteiger partial charge in [-0.05, 0) is 6.07 Å². The van der Waals surface area contributed by atoms with E-state index in [0.29, 0.717) is 27.3 Å². The second-order valence-corrected chi connectivity index (χ2v) is 3.67. The van der Waals surface area contributed by atoms with Crippen LogP contribution in [-0.4, -0.2) is 15.0 Å². The molecule has 4 nitrogen and oxygen atoms in total. The van der Waals surface area contributed by atoms with Crippen LogP contribution in [-0.2, 0) is 0 Å². The molecule has 0 aliphatic heterocycles. The maximum absolute atomic E-state index is 5.95. The molecule has 0 fully saturated rings. The summed E-state index contributed by atoms with van der Waals surface area (Å²) in [6, 6.07) is 1.59. The van der Waals surface area contributed by atoms with Crippen molar-refractivity contribution >= 4 is 28.9 Å². The van der Waals surface area contributed by atoms with Crippen LogP contribution in [0, 0.1) is 0 Å². The van der Waals surface area contributed by atoms with E-state index in [1.807, 2.05) is 0 Å². The topological polar surface area (TPSA) is 64.7 Å². The molecule has 15 heavy (non-hydrogen) atoms. The van der Waals surface area contributed by atoms with Crippen molar-refractivity contribution in [3.8, 4) is 11.5 Å². The fourth-order valence-corrected chi connectivity index (χ4v) is 1.50. The molecule has 6 heteroatoms. The first-order valence-electron chi connectivity index (χ1n) is 4.06. The summed E-state index contributed by atoms with van der Waals surface area (Å²) in [5, 5.41) is 0.881. The van der Waals surface area contributed by atoms with Gasteiger partial charge in [0.1, 0.15) is 5.69 Å². The molecule has 2 aromatic heterocycles. The summed E-state index contributed by atoms with van der Waals surface area (Å²) < 4.78 is 0. The lowest BCUT2D eigenvalue weighted by molar-refractivity contribution is 1.14. The zero-order chi connectivity index (χ0) is 10.8. The summed E-state index contributed by atoms with van der Waals surface area (Å²) in [7, 11) is 0. The van der Waals surface area contributed by atoms with Gasteiger partial charge in [0.2, 0.25) is 0 Å². The summed E-state index contributed by atoms with van der Waals surface area (Å²) in [5.41, 5.74) is 6.44. The van der Waals surface area contributed by atoms with E-state index in [4.69, 9.17) is 28.9 Å². The van der Waals surface area contributed by atoms with Crippen molar-refractivity contribution in [3.63, 3.8) is 0 Å². The Balaban J connectivity index is 2.49. The van der Waals surface area contributed by atoms with Gasteiger partial charge >= 0.3 is 0 Å². The quantitative estimate of drug-likeness (QED) is 0.832. The van der Waals surface area contributed by atoms with E-state index in [-0.39, 0.29) is 0 Å². The molecule has 0 atom stereocenters. The lowest BCUT2D eigenvalue weighted by Gasteiger charge is -2.01. The Morgan fingerprint density at radius 1 is 1.00 bits per heavy atom. The van der Waals surface area contributed by atoms with E-state index in [1.165, 1.54) is 18.6 Å². The van der Waals surface area contributed by atoms with Crippen molar-refractivity contribution in [3.05, 3.63) is 34.7 Å². The van der Waals surface area contributed by atoms with Crippen LogP contribution in [0.15, 0.2) is 24.7 Å². The van der Waals surface area contributed by atoms with Gasteiger partial charge in [-0.1, -0.05) is 23.2 Å². The number of aromatic nitrogens is 3. The number of anilines is 1. The molecule has 2 N–H and O–H groups in total. The van der Waals surface area contributed by atoms with Gasteiger partial charge in [0.25, 0.3) is 0 Å². The van der Waals surface area contributed by atoms with Crippen LogP contribution < -0.4 is 5.73 Å². The molecule has 0 aliphatic carbocycles. The number of nitrogen functional groups attached to an aromatic ring is 1. The summed E-state index contributed by atoms with van der Waals surface area (Å²) in [5.74, 6) is 0.422. The van der Waals surface area contributed by atoms with E-state index in [2.05, 4.69) is 15.0 Å². The average Bonchev–Trinajstić information content (AvgIpc) is 2.20. The molecule has 76 valence electrons. The molecular weight excluding hydrogens is 235 g/mol. The van der Waals surface area contributed by atoms with E-state index >= 15 is 0 Å². The standard InChI is InChI=1S/C9H6Cl2N4/c10-5-1-7(11)8(13-2-5)9-14-3-6(12)4-15-9/h1-4H,12H2. The first-order valence-corrected chi connectivity index (χ1v) is 4.81. The van der Waals surface area contributed by atoms with Crippen LogP contribution in [0.2, 0.25) is 10.0 Å². The van der Waals surface area contributed by atoms with Crippen LogP contribution >= 0.6 is 23.2 Å². The average molecular weight is 241 g/mol. The van der Waals surface area contributed by atoms with Crippen molar-refractivity contribution in [2.75, 3.05) is 5.73 Å². The number of rotatable bonds is 1. The van der Waals surface area contributed by atoms with E-state index < -0.39 is 0 Å². The van der Waals surface area contributed by atoms with Gasteiger partial charge in [0.15, 0.2) is 5.82 Å². The van der Waals surface area contributed by atoms with Gasteiger partial charge in [-0.2, -0.15) is 0 Å². The highest BCUT2D eigenvalue weighted by Gasteiger charge is 2.08. The third-order valence-electron chi connectivity index (χ3n) is 1.69. The van der Waals surface area contributed by atoms with Crippen molar-refractivity contribution in [2.24, 2.45) is 0 Å². The number of nitrogens with two attached hydrogens (primary N) is 1. The van der Waals surface area contributed by atoms with Crippen LogP contribution in [0.4, 0.5) is 5.69 Å². The molecule has 2 rings (SSSR count). The van der Waals surface area contributed by atoms with Crippen molar-refractivity contribution in [1.29, 1.82) is 0 Å². The first kappa shape index (κ1) is 10.1. The van der Waals surface area contributed by atoms with E-state index in [0.717, 1.165) is 0 Å². The molecule has 0 amide bonds. The highest BCUT2D eigenvalue weighted by Crippen LogP contribution is 2.25. The van der Waals surface area contributed by atoms with E-state index in [9.17, 15) is 0 Å². The highest BCUT2D eigenvalue weighted by molar-refractivity contribution is 6.35. The van der Waals surface area contributed by atoms with Crippen molar-refractivity contribution in [1.82, 2.24) is 15.0 Å². The van der Waals surface area contributed by atoms with Crippen LogP contribution in [0.3, 0.4) is 0 Å². The third kappa shape index (κ3) is 2.16. The smallest absolute Gasteiger partial charge is 0.179 e. The number of pyridine rings is 1. The fraction of sp³-hybridized carbons (Fsp3) is 0. The maximum Gasteiger partial charge on any atom is 0.179 e. The molecule has 2 heterocycles. The first-order chi connectivity index (χ1) is 7.16. The number of hydrogen-bond acceptors (Lipinski definition) is 4. The second kappa shape index (κ2) is 4.00. The Labute approximate surface area is 96.1 Å². The molecule has 0 spiro atoms.